The SMILES string of the molecule is CN(C)N1Cc2cc(Cl)ccc2NC=C1Cc1ccccc1. The van der Waals surface area contributed by atoms with Gasteiger partial charge in [-0.2, -0.15) is 0 Å². The van der Waals surface area contributed by atoms with Crippen molar-refractivity contribution in [3.05, 3.63) is 76.6 Å². The molecule has 3 rings (SSSR count). The van der Waals surface area contributed by atoms with Crippen molar-refractivity contribution >= 4 is 17.3 Å². The Morgan fingerprint density at radius 3 is 2.64 bits per heavy atom. The van der Waals surface area contributed by atoms with Crippen molar-refractivity contribution in [1.29, 1.82) is 0 Å². The molecular formula is C18H20ClN3. The topological polar surface area (TPSA) is 18.5 Å². The number of rotatable bonds is 3. The first-order chi connectivity index (χ1) is 10.6. The van der Waals surface area contributed by atoms with Gasteiger partial charge in [0.15, 0.2) is 0 Å². The first-order valence-electron chi connectivity index (χ1n) is 7.36. The van der Waals surface area contributed by atoms with Crippen LogP contribution in [0, 0.1) is 0 Å². The highest BCUT2D eigenvalue weighted by Crippen LogP contribution is 2.28. The average Bonchev–Trinajstić information content (AvgIpc) is 2.68. The third-order valence-corrected chi connectivity index (χ3v) is 4.06. The quantitative estimate of drug-likeness (QED) is 0.919. The highest BCUT2D eigenvalue weighted by atomic mass is 35.5. The maximum Gasteiger partial charge on any atom is 0.0615 e. The van der Waals surface area contributed by atoms with E-state index < -0.39 is 0 Å². The van der Waals surface area contributed by atoms with Crippen LogP contribution in [0.25, 0.3) is 0 Å². The molecule has 22 heavy (non-hydrogen) atoms. The number of benzene rings is 2. The smallest absolute Gasteiger partial charge is 0.0615 e. The van der Waals surface area contributed by atoms with E-state index in [2.05, 4.69) is 59.9 Å². The molecule has 0 amide bonds. The van der Waals surface area contributed by atoms with Gasteiger partial charge in [0.05, 0.1) is 12.2 Å². The van der Waals surface area contributed by atoms with E-state index in [1.165, 1.54) is 16.8 Å². The van der Waals surface area contributed by atoms with Crippen LogP contribution < -0.4 is 5.32 Å². The lowest BCUT2D eigenvalue weighted by molar-refractivity contribution is 0.0550. The summed E-state index contributed by atoms with van der Waals surface area (Å²) < 4.78 is 0. The summed E-state index contributed by atoms with van der Waals surface area (Å²) in [4.78, 5) is 0. The van der Waals surface area contributed by atoms with Gasteiger partial charge in [0.25, 0.3) is 0 Å². The first kappa shape index (κ1) is 14.9. The van der Waals surface area contributed by atoms with Crippen LogP contribution >= 0.6 is 11.6 Å². The van der Waals surface area contributed by atoms with Gasteiger partial charge in [0, 0.05) is 37.4 Å². The summed E-state index contributed by atoms with van der Waals surface area (Å²) in [5, 5.41) is 8.57. The number of nitrogens with one attached hydrogen (secondary N) is 1. The molecule has 0 aliphatic carbocycles. The average molecular weight is 314 g/mol. The van der Waals surface area contributed by atoms with Crippen LogP contribution in [0.3, 0.4) is 0 Å². The van der Waals surface area contributed by atoms with Crippen LogP contribution in [0.4, 0.5) is 5.69 Å². The Hall–Kier alpha value is -1.97. The number of hydrazine groups is 1. The van der Waals surface area contributed by atoms with Crippen molar-refractivity contribution in [1.82, 2.24) is 10.0 Å². The number of anilines is 1. The number of fused-ring (bicyclic) bond motifs is 1. The number of allylic oxidation sites excluding steroid dienone is 1. The summed E-state index contributed by atoms with van der Waals surface area (Å²) in [5.41, 5.74) is 4.83. The molecule has 0 bridgehead atoms. The molecule has 4 heteroatoms. The summed E-state index contributed by atoms with van der Waals surface area (Å²) in [6.07, 6.45) is 2.97. The molecule has 114 valence electrons. The number of nitrogens with zero attached hydrogens (tertiary/aromatic N) is 2. The number of hydrogen-bond acceptors (Lipinski definition) is 3. The van der Waals surface area contributed by atoms with Gasteiger partial charge < -0.3 is 10.3 Å². The first-order valence-corrected chi connectivity index (χ1v) is 7.74. The van der Waals surface area contributed by atoms with Gasteiger partial charge in [-0.1, -0.05) is 41.9 Å². The molecule has 1 aliphatic rings. The molecule has 0 spiro atoms. The summed E-state index contributed by atoms with van der Waals surface area (Å²) in [6, 6.07) is 16.5. The Morgan fingerprint density at radius 2 is 1.91 bits per heavy atom. The van der Waals surface area contributed by atoms with E-state index in [0.29, 0.717) is 0 Å². The Balaban J connectivity index is 1.91. The van der Waals surface area contributed by atoms with E-state index >= 15 is 0 Å². The third-order valence-electron chi connectivity index (χ3n) is 3.82. The van der Waals surface area contributed by atoms with Crippen LogP contribution in [-0.4, -0.2) is 24.1 Å². The molecule has 0 saturated heterocycles. The fourth-order valence-corrected chi connectivity index (χ4v) is 2.87. The molecular weight excluding hydrogens is 294 g/mol. The molecule has 2 aromatic rings. The van der Waals surface area contributed by atoms with Crippen molar-refractivity contribution in [3.63, 3.8) is 0 Å². The Kier molecular flexibility index (Phi) is 4.36. The maximum atomic E-state index is 6.15. The Morgan fingerprint density at radius 1 is 1.14 bits per heavy atom. The Labute approximate surface area is 136 Å². The predicted octanol–water partition coefficient (Wildman–Crippen LogP) is 4.13. The zero-order valence-electron chi connectivity index (χ0n) is 12.9. The second-order valence-electron chi connectivity index (χ2n) is 5.65. The number of hydrogen-bond donors (Lipinski definition) is 1. The lowest BCUT2D eigenvalue weighted by Crippen LogP contribution is -2.36. The molecule has 1 N–H and O–H groups in total. The van der Waals surface area contributed by atoms with Crippen LogP contribution in [0.15, 0.2) is 60.4 Å². The molecule has 0 unspecified atom stereocenters. The minimum absolute atomic E-state index is 0.769. The molecule has 1 aliphatic heterocycles. The van der Waals surface area contributed by atoms with E-state index in [1.54, 1.807) is 0 Å². The molecule has 1 heterocycles. The molecule has 3 nitrogen and oxygen atoms in total. The van der Waals surface area contributed by atoms with Gasteiger partial charge >= 0.3 is 0 Å². The fourth-order valence-electron chi connectivity index (χ4n) is 2.68. The second-order valence-corrected chi connectivity index (χ2v) is 6.09. The molecule has 0 aromatic heterocycles. The van der Waals surface area contributed by atoms with E-state index in [-0.39, 0.29) is 0 Å². The monoisotopic (exact) mass is 313 g/mol. The maximum absolute atomic E-state index is 6.15. The number of halogens is 1. The van der Waals surface area contributed by atoms with E-state index in [0.717, 1.165) is 23.7 Å². The Bertz CT molecular complexity index is 680. The second kappa shape index (κ2) is 6.42. The van der Waals surface area contributed by atoms with Crippen molar-refractivity contribution in [2.45, 2.75) is 13.0 Å². The van der Waals surface area contributed by atoms with E-state index in [1.807, 2.05) is 24.3 Å². The lowest BCUT2D eigenvalue weighted by atomic mass is 10.1. The van der Waals surface area contributed by atoms with E-state index in [9.17, 15) is 0 Å². The van der Waals surface area contributed by atoms with Crippen molar-refractivity contribution in [3.8, 4) is 0 Å². The molecule has 0 fully saturated rings. The summed E-state index contributed by atoms with van der Waals surface area (Å²) in [7, 11) is 4.13. The predicted molar refractivity (Wildman–Crippen MR) is 92.5 cm³/mol. The minimum Gasteiger partial charge on any atom is -0.360 e. The highest BCUT2D eigenvalue weighted by molar-refractivity contribution is 6.30. The molecule has 0 radical (unpaired) electrons. The summed E-state index contributed by atoms with van der Waals surface area (Å²) in [6.45, 7) is 0.800. The molecule has 2 aromatic carbocycles. The van der Waals surface area contributed by atoms with Gasteiger partial charge in [-0.25, -0.2) is 5.01 Å². The summed E-state index contributed by atoms with van der Waals surface area (Å²) >= 11 is 6.15. The van der Waals surface area contributed by atoms with Gasteiger partial charge in [-0.3, -0.25) is 0 Å². The van der Waals surface area contributed by atoms with Gasteiger partial charge in [0.1, 0.15) is 0 Å². The lowest BCUT2D eigenvalue weighted by Gasteiger charge is -2.32. The largest absolute Gasteiger partial charge is 0.360 e. The van der Waals surface area contributed by atoms with Crippen LogP contribution in [0.5, 0.6) is 0 Å². The van der Waals surface area contributed by atoms with Crippen molar-refractivity contribution < 1.29 is 0 Å². The zero-order chi connectivity index (χ0) is 15.5. The van der Waals surface area contributed by atoms with Crippen LogP contribution in [0.2, 0.25) is 5.02 Å². The molecule has 0 saturated carbocycles. The van der Waals surface area contributed by atoms with Crippen molar-refractivity contribution in [2.24, 2.45) is 0 Å². The highest BCUT2D eigenvalue weighted by Gasteiger charge is 2.18. The van der Waals surface area contributed by atoms with Crippen LogP contribution in [0.1, 0.15) is 11.1 Å². The van der Waals surface area contributed by atoms with Gasteiger partial charge in [0.2, 0.25) is 0 Å². The zero-order valence-corrected chi connectivity index (χ0v) is 13.6. The summed E-state index contributed by atoms with van der Waals surface area (Å²) in [5.74, 6) is 0. The minimum atomic E-state index is 0.769. The van der Waals surface area contributed by atoms with Gasteiger partial charge in [-0.15, -0.1) is 0 Å². The third kappa shape index (κ3) is 3.26. The van der Waals surface area contributed by atoms with E-state index in [4.69, 9.17) is 11.6 Å². The van der Waals surface area contributed by atoms with Crippen LogP contribution in [-0.2, 0) is 13.0 Å². The van der Waals surface area contributed by atoms with Crippen molar-refractivity contribution in [2.75, 3.05) is 19.4 Å². The fraction of sp³-hybridized carbons (Fsp3) is 0.222. The normalized spacial score (nSPS) is 14.2. The molecule has 0 atom stereocenters. The van der Waals surface area contributed by atoms with Gasteiger partial charge in [-0.05, 0) is 29.3 Å². The standard InChI is InChI=1S/C18H20ClN3/c1-21(2)22-13-15-11-16(19)8-9-18(15)20-12-17(22)10-14-6-4-3-5-7-14/h3-9,11-12,20H,10,13H2,1-2H3.